The van der Waals surface area contributed by atoms with Crippen molar-refractivity contribution < 1.29 is 23.1 Å². The van der Waals surface area contributed by atoms with Crippen molar-refractivity contribution >= 4 is 17.6 Å². The fourth-order valence-corrected chi connectivity index (χ4v) is 3.95. The van der Waals surface area contributed by atoms with Gasteiger partial charge in [-0.05, 0) is 63.3 Å². The Morgan fingerprint density at radius 2 is 1.97 bits per heavy atom. The van der Waals surface area contributed by atoms with Crippen LogP contribution in [0.3, 0.4) is 0 Å². The van der Waals surface area contributed by atoms with Crippen molar-refractivity contribution in [1.82, 2.24) is 9.80 Å². The third kappa shape index (κ3) is 4.95. The van der Waals surface area contributed by atoms with Gasteiger partial charge in [-0.2, -0.15) is 0 Å². The van der Waals surface area contributed by atoms with Crippen LogP contribution >= 0.6 is 0 Å². The van der Waals surface area contributed by atoms with Gasteiger partial charge in [0.1, 0.15) is 5.60 Å². The molecule has 2 amide bonds. The molecule has 0 saturated carbocycles. The first-order valence-electron chi connectivity index (χ1n) is 9.97. The second kappa shape index (κ2) is 8.13. The molecule has 0 unspecified atom stereocenters. The Kier molecular flexibility index (Phi) is 5.96. The molecule has 3 rings (SSSR count). The van der Waals surface area contributed by atoms with Gasteiger partial charge in [-0.1, -0.05) is 12.6 Å². The van der Waals surface area contributed by atoms with Gasteiger partial charge in [-0.15, -0.1) is 0 Å². The molecule has 1 aromatic carbocycles. The fourth-order valence-electron chi connectivity index (χ4n) is 3.95. The largest absolute Gasteiger partial charge is 0.444 e. The van der Waals surface area contributed by atoms with Gasteiger partial charge in [0.05, 0.1) is 6.04 Å². The minimum Gasteiger partial charge on any atom is -0.444 e. The van der Waals surface area contributed by atoms with Gasteiger partial charge >= 0.3 is 6.09 Å². The molecule has 2 fully saturated rings. The molecule has 0 N–H and O–H groups in total. The molecule has 2 heterocycles. The zero-order chi connectivity index (χ0) is 21.3. The van der Waals surface area contributed by atoms with Crippen molar-refractivity contribution in [1.29, 1.82) is 0 Å². The predicted octanol–water partition coefficient (Wildman–Crippen LogP) is 4.23. The number of hydrogen-bond acceptors (Lipinski definition) is 3. The highest BCUT2D eigenvalue weighted by Gasteiger charge is 2.43. The van der Waals surface area contributed by atoms with E-state index in [1.165, 1.54) is 6.07 Å². The summed E-state index contributed by atoms with van der Waals surface area (Å²) in [6.45, 7) is 10.9. The number of amides is 2. The Morgan fingerprint density at radius 1 is 1.24 bits per heavy atom. The van der Waals surface area contributed by atoms with Crippen molar-refractivity contribution in [3.63, 3.8) is 0 Å². The van der Waals surface area contributed by atoms with Crippen LogP contribution in [0, 0.1) is 17.6 Å². The predicted molar refractivity (Wildman–Crippen MR) is 106 cm³/mol. The number of carbonyl (C=O) groups excluding carboxylic acids is 2. The van der Waals surface area contributed by atoms with E-state index in [2.05, 4.69) is 6.58 Å². The van der Waals surface area contributed by atoms with Crippen LogP contribution in [0.1, 0.15) is 45.6 Å². The van der Waals surface area contributed by atoms with Crippen molar-refractivity contribution in [2.45, 2.75) is 51.7 Å². The van der Waals surface area contributed by atoms with Gasteiger partial charge in [0.2, 0.25) is 5.91 Å². The third-order valence-electron chi connectivity index (χ3n) is 5.45. The van der Waals surface area contributed by atoms with E-state index in [0.717, 1.165) is 12.1 Å². The first-order valence-corrected chi connectivity index (χ1v) is 9.97. The lowest BCUT2D eigenvalue weighted by atomic mass is 9.94. The molecule has 5 nitrogen and oxygen atoms in total. The van der Waals surface area contributed by atoms with E-state index in [1.54, 1.807) is 4.90 Å². The summed E-state index contributed by atoms with van der Waals surface area (Å²) in [6, 6.07) is 3.71. The van der Waals surface area contributed by atoms with Crippen molar-refractivity contribution in [3.05, 3.63) is 42.0 Å². The van der Waals surface area contributed by atoms with Crippen molar-refractivity contribution in [2.75, 3.05) is 19.6 Å². The first kappa shape index (κ1) is 21.3. The molecule has 0 radical (unpaired) electrons. The lowest BCUT2D eigenvalue weighted by Gasteiger charge is -2.38. The van der Waals surface area contributed by atoms with Crippen molar-refractivity contribution in [2.24, 2.45) is 5.92 Å². The second-order valence-electron chi connectivity index (χ2n) is 8.82. The minimum atomic E-state index is -0.903. The average molecular weight is 406 g/mol. The number of ether oxygens (including phenoxy) is 1. The maximum Gasteiger partial charge on any atom is 0.410 e. The molecule has 2 atom stereocenters. The van der Waals surface area contributed by atoms with Crippen molar-refractivity contribution in [3.8, 4) is 0 Å². The van der Waals surface area contributed by atoms with E-state index >= 15 is 0 Å². The Bertz CT molecular complexity index is 819. The minimum absolute atomic E-state index is 0.00898. The highest BCUT2D eigenvalue weighted by Crippen LogP contribution is 2.33. The van der Waals surface area contributed by atoms with Crippen LogP contribution in [0.25, 0.3) is 5.57 Å². The monoisotopic (exact) mass is 406 g/mol. The van der Waals surface area contributed by atoms with E-state index in [1.807, 2.05) is 25.7 Å². The third-order valence-corrected chi connectivity index (χ3v) is 5.45. The number of benzene rings is 1. The van der Waals surface area contributed by atoms with E-state index in [-0.39, 0.29) is 24.0 Å². The Labute approximate surface area is 170 Å². The first-order chi connectivity index (χ1) is 13.5. The Balaban J connectivity index is 1.55. The smallest absolute Gasteiger partial charge is 0.410 e. The SMILES string of the molecule is C=C(CC[C@H]1C[C@H]2CN(C(=O)OC(C)(C)C)CCN2C1=O)c1ccc(F)c(F)c1. The number of nitrogens with zero attached hydrogens (tertiary/aromatic N) is 2. The summed E-state index contributed by atoms with van der Waals surface area (Å²) in [6.07, 6.45) is 1.44. The standard InChI is InChI=1S/C22H28F2N2O3/c1-14(15-7-8-18(23)19(24)12-15)5-6-16-11-17-13-25(9-10-26(17)20(16)27)21(28)29-22(2,3)4/h7-8,12,16-17H,1,5-6,9-11,13H2,2-4H3/t16-,17-/m0/s1. The van der Waals surface area contributed by atoms with Gasteiger partial charge in [0.25, 0.3) is 0 Å². The van der Waals surface area contributed by atoms with Crippen LogP contribution in [0.2, 0.25) is 0 Å². The summed E-state index contributed by atoms with van der Waals surface area (Å²) in [5, 5.41) is 0. The zero-order valence-electron chi connectivity index (χ0n) is 17.2. The summed E-state index contributed by atoms with van der Waals surface area (Å²) in [5.74, 6) is -1.85. The summed E-state index contributed by atoms with van der Waals surface area (Å²) in [7, 11) is 0. The van der Waals surface area contributed by atoms with E-state index < -0.39 is 17.2 Å². The number of hydrogen-bond donors (Lipinski definition) is 0. The summed E-state index contributed by atoms with van der Waals surface area (Å²) in [4.78, 5) is 28.6. The average Bonchev–Trinajstić information content (AvgIpc) is 2.96. The zero-order valence-corrected chi connectivity index (χ0v) is 17.2. The van der Waals surface area contributed by atoms with E-state index in [0.29, 0.717) is 50.0 Å². The number of halogens is 2. The van der Waals surface area contributed by atoms with E-state index in [9.17, 15) is 18.4 Å². The molecule has 2 saturated heterocycles. The molecule has 29 heavy (non-hydrogen) atoms. The lowest BCUT2D eigenvalue weighted by Crippen LogP contribution is -2.54. The Hall–Kier alpha value is -2.44. The molecule has 2 aliphatic rings. The number of fused-ring (bicyclic) bond motifs is 1. The topological polar surface area (TPSA) is 49.9 Å². The molecule has 7 heteroatoms. The van der Waals surface area contributed by atoms with Crippen LogP contribution in [0.15, 0.2) is 24.8 Å². The Morgan fingerprint density at radius 3 is 2.62 bits per heavy atom. The molecular weight excluding hydrogens is 378 g/mol. The molecule has 0 aromatic heterocycles. The number of allylic oxidation sites excluding steroid dienone is 1. The summed E-state index contributed by atoms with van der Waals surface area (Å²) >= 11 is 0. The molecule has 0 bridgehead atoms. The van der Waals surface area contributed by atoms with Crippen LogP contribution in [-0.4, -0.2) is 53.1 Å². The molecular formula is C22H28F2N2O3. The maximum atomic E-state index is 13.4. The molecule has 2 aliphatic heterocycles. The highest BCUT2D eigenvalue weighted by atomic mass is 19.2. The van der Waals surface area contributed by atoms with E-state index in [4.69, 9.17) is 4.74 Å². The van der Waals surface area contributed by atoms with Gasteiger partial charge in [-0.3, -0.25) is 4.79 Å². The summed E-state index contributed by atoms with van der Waals surface area (Å²) in [5.41, 5.74) is 0.669. The molecule has 1 aromatic rings. The van der Waals surface area contributed by atoms with Crippen LogP contribution in [0.4, 0.5) is 13.6 Å². The molecule has 0 spiro atoms. The number of piperazine rings is 1. The number of carbonyl (C=O) groups is 2. The summed E-state index contributed by atoms with van der Waals surface area (Å²) < 4.78 is 32.0. The molecule has 0 aliphatic carbocycles. The van der Waals surface area contributed by atoms with Crippen LogP contribution < -0.4 is 0 Å². The van der Waals surface area contributed by atoms with Gasteiger partial charge in [-0.25, -0.2) is 13.6 Å². The quantitative estimate of drug-likeness (QED) is 0.752. The van der Waals surface area contributed by atoms with Gasteiger partial charge in [0, 0.05) is 25.6 Å². The fraction of sp³-hybridized carbons (Fsp3) is 0.545. The van der Waals surface area contributed by atoms with Gasteiger partial charge in [0.15, 0.2) is 11.6 Å². The van der Waals surface area contributed by atoms with Crippen LogP contribution in [-0.2, 0) is 9.53 Å². The second-order valence-corrected chi connectivity index (χ2v) is 8.82. The normalized spacial score (nSPS) is 21.9. The maximum absolute atomic E-state index is 13.4. The van der Waals surface area contributed by atoms with Crippen LogP contribution in [0.5, 0.6) is 0 Å². The number of rotatable bonds is 4. The lowest BCUT2D eigenvalue weighted by molar-refractivity contribution is -0.133. The molecule has 158 valence electrons. The highest BCUT2D eigenvalue weighted by molar-refractivity contribution is 5.82. The van der Waals surface area contributed by atoms with Gasteiger partial charge < -0.3 is 14.5 Å².